The standard InChI is InChI=1S/6C4H9O.Mn.Zr/c6*1-2-3-4-5;;/h6*2-4H2,1H3;;/q6*-1;+2;+4. The molecule has 0 rings (SSSR count). The third-order valence-electron chi connectivity index (χ3n) is 2.99. The average molecular weight is 585 g/mol. The van der Waals surface area contributed by atoms with Crippen LogP contribution >= 0.6 is 0 Å². The largest absolute Gasteiger partial charge is 4.00 e. The van der Waals surface area contributed by atoms with Gasteiger partial charge in [-0.3, -0.25) is 0 Å². The second-order valence-electron chi connectivity index (χ2n) is 6.35. The summed E-state index contributed by atoms with van der Waals surface area (Å²) in [7, 11) is 0. The van der Waals surface area contributed by atoms with Crippen LogP contribution in [-0.4, -0.2) is 39.6 Å². The molecule has 0 atom stereocenters. The number of hydrogen-bond acceptors (Lipinski definition) is 6. The molecule has 0 heterocycles. The van der Waals surface area contributed by atoms with Crippen molar-refractivity contribution in [3.63, 3.8) is 0 Å². The summed E-state index contributed by atoms with van der Waals surface area (Å²) >= 11 is 0. The second-order valence-corrected chi connectivity index (χ2v) is 6.35. The van der Waals surface area contributed by atoms with E-state index in [0.29, 0.717) is 0 Å². The first kappa shape index (κ1) is 54.2. The van der Waals surface area contributed by atoms with E-state index in [2.05, 4.69) is 0 Å². The Labute approximate surface area is 231 Å². The van der Waals surface area contributed by atoms with Gasteiger partial charge in [-0.05, 0) is 0 Å². The molecule has 0 saturated carbocycles. The quantitative estimate of drug-likeness (QED) is 0.312. The molecule has 0 amide bonds. The van der Waals surface area contributed by atoms with E-state index in [1.807, 2.05) is 41.5 Å². The monoisotopic (exact) mass is 583 g/mol. The van der Waals surface area contributed by atoms with Crippen molar-refractivity contribution in [1.29, 1.82) is 0 Å². The van der Waals surface area contributed by atoms with Crippen molar-refractivity contribution in [2.24, 2.45) is 0 Å². The molecule has 0 saturated heterocycles. The average Bonchev–Trinajstić information content (AvgIpc) is 2.74. The van der Waals surface area contributed by atoms with E-state index < -0.39 is 0 Å². The molecule has 0 aliphatic heterocycles. The summed E-state index contributed by atoms with van der Waals surface area (Å²) in [4.78, 5) is 0. The van der Waals surface area contributed by atoms with Gasteiger partial charge in [0.05, 0.1) is 0 Å². The third kappa shape index (κ3) is 164. The molecular weight excluding hydrogens is 530 g/mol. The number of unbranched alkanes of at least 4 members (excludes halogenated alkanes) is 6. The molecule has 1 radical (unpaired) electrons. The van der Waals surface area contributed by atoms with E-state index in [0.717, 1.165) is 77.0 Å². The molecule has 8 heteroatoms. The van der Waals surface area contributed by atoms with E-state index in [1.54, 1.807) is 0 Å². The van der Waals surface area contributed by atoms with Crippen LogP contribution in [0, 0.1) is 0 Å². The number of rotatable bonds is 12. The summed E-state index contributed by atoms with van der Waals surface area (Å²) in [6.45, 7) is 12.6. The Balaban J connectivity index is -0.0000000356. The zero-order valence-electron chi connectivity index (χ0n) is 22.1. The van der Waals surface area contributed by atoms with Crippen molar-refractivity contribution in [2.75, 3.05) is 39.6 Å². The summed E-state index contributed by atoms with van der Waals surface area (Å²) in [5.74, 6) is 0. The fourth-order valence-electron chi connectivity index (χ4n) is 0.866. The van der Waals surface area contributed by atoms with Gasteiger partial charge in [-0.1, -0.05) is 119 Å². The fraction of sp³-hybridized carbons (Fsp3) is 1.00. The second kappa shape index (κ2) is 85.1. The SMILES string of the molecule is CCCC[O-].CCCC[O-].CCCC[O-].CCCC[O-].CCCC[O-].CCCC[O-].[Mn+2].[Zr+4]. The first-order chi connectivity index (χ1) is 14.5. The van der Waals surface area contributed by atoms with Crippen molar-refractivity contribution in [3.8, 4) is 0 Å². The first-order valence-electron chi connectivity index (χ1n) is 12.0. The minimum atomic E-state index is 0. The Morgan fingerprint density at radius 1 is 0.312 bits per heavy atom. The molecular formula is C24H54MnO6Zr. The van der Waals surface area contributed by atoms with E-state index in [4.69, 9.17) is 0 Å². The van der Waals surface area contributed by atoms with Gasteiger partial charge < -0.3 is 30.6 Å². The zero-order valence-corrected chi connectivity index (χ0v) is 25.7. The van der Waals surface area contributed by atoms with Crippen molar-refractivity contribution in [3.05, 3.63) is 0 Å². The topological polar surface area (TPSA) is 138 Å². The third-order valence-corrected chi connectivity index (χ3v) is 2.99. The minimum absolute atomic E-state index is 0. The van der Waals surface area contributed by atoms with Crippen molar-refractivity contribution < 1.29 is 73.9 Å². The Kier molecular flexibility index (Phi) is 144. The summed E-state index contributed by atoms with van der Waals surface area (Å²) < 4.78 is 0. The van der Waals surface area contributed by atoms with Crippen LogP contribution in [0.5, 0.6) is 0 Å². The summed E-state index contributed by atoms with van der Waals surface area (Å²) in [6.07, 6.45) is 11.2. The molecule has 0 fully saturated rings. The molecule has 0 aromatic rings. The Morgan fingerprint density at radius 2 is 0.406 bits per heavy atom. The van der Waals surface area contributed by atoms with Gasteiger partial charge in [0.2, 0.25) is 0 Å². The van der Waals surface area contributed by atoms with Crippen LogP contribution in [0.1, 0.15) is 119 Å². The van der Waals surface area contributed by atoms with E-state index in [1.165, 1.54) is 0 Å². The predicted molar refractivity (Wildman–Crippen MR) is 119 cm³/mol. The molecule has 6 nitrogen and oxygen atoms in total. The van der Waals surface area contributed by atoms with Crippen LogP contribution in [-0.2, 0) is 43.3 Å². The molecule has 0 aliphatic rings. The van der Waals surface area contributed by atoms with Gasteiger partial charge in [0.25, 0.3) is 0 Å². The maximum Gasteiger partial charge on any atom is 4.00 e. The molecule has 0 N–H and O–H groups in total. The van der Waals surface area contributed by atoms with Crippen LogP contribution in [0.4, 0.5) is 0 Å². The Morgan fingerprint density at radius 3 is 0.406 bits per heavy atom. The van der Waals surface area contributed by atoms with Gasteiger partial charge >= 0.3 is 43.3 Å². The van der Waals surface area contributed by atoms with E-state index in [-0.39, 0.29) is 82.9 Å². The normalized spacial score (nSPS) is 7.88. The Hall–Kier alpha value is 1.16. The first-order valence-corrected chi connectivity index (χ1v) is 12.0. The van der Waals surface area contributed by atoms with Gasteiger partial charge in [-0.15, -0.1) is 39.6 Å². The smallest absolute Gasteiger partial charge is 0.854 e. The van der Waals surface area contributed by atoms with Crippen LogP contribution in [0.25, 0.3) is 0 Å². The van der Waals surface area contributed by atoms with Crippen molar-refractivity contribution in [2.45, 2.75) is 119 Å². The summed E-state index contributed by atoms with van der Waals surface area (Å²) in [5.41, 5.74) is 0. The van der Waals surface area contributed by atoms with Crippen LogP contribution in [0.3, 0.4) is 0 Å². The van der Waals surface area contributed by atoms with Gasteiger partial charge in [-0.25, -0.2) is 0 Å². The van der Waals surface area contributed by atoms with Gasteiger partial charge in [-0.2, -0.15) is 0 Å². The molecule has 0 aromatic heterocycles. The number of hydrogen-bond donors (Lipinski definition) is 0. The molecule has 197 valence electrons. The van der Waals surface area contributed by atoms with Gasteiger partial charge in [0.1, 0.15) is 0 Å². The summed E-state index contributed by atoms with van der Waals surface area (Å²) in [5, 5.41) is 57.2. The van der Waals surface area contributed by atoms with Crippen LogP contribution < -0.4 is 30.6 Å². The maximum atomic E-state index is 9.53. The fourth-order valence-corrected chi connectivity index (χ4v) is 0.866. The van der Waals surface area contributed by atoms with Gasteiger partial charge in [0.15, 0.2) is 0 Å². The zero-order chi connectivity index (χ0) is 24.7. The molecule has 0 unspecified atom stereocenters. The summed E-state index contributed by atoms with van der Waals surface area (Å²) in [6, 6.07) is 0. The van der Waals surface area contributed by atoms with E-state index in [9.17, 15) is 30.6 Å². The predicted octanol–water partition coefficient (Wildman–Crippen LogP) is 0.876. The van der Waals surface area contributed by atoms with Crippen LogP contribution in [0.15, 0.2) is 0 Å². The molecule has 32 heavy (non-hydrogen) atoms. The van der Waals surface area contributed by atoms with Crippen molar-refractivity contribution in [1.82, 2.24) is 0 Å². The molecule has 0 spiro atoms. The minimum Gasteiger partial charge on any atom is -0.854 e. The molecule has 0 bridgehead atoms. The molecule has 0 aromatic carbocycles. The van der Waals surface area contributed by atoms with Gasteiger partial charge in [0, 0.05) is 0 Å². The Bertz CT molecular complexity index is 126. The molecule has 0 aliphatic carbocycles. The maximum absolute atomic E-state index is 9.53. The van der Waals surface area contributed by atoms with Crippen LogP contribution in [0.2, 0.25) is 0 Å². The van der Waals surface area contributed by atoms with E-state index >= 15 is 0 Å². The van der Waals surface area contributed by atoms with Crippen molar-refractivity contribution >= 4 is 0 Å².